The summed E-state index contributed by atoms with van der Waals surface area (Å²) in [6.07, 6.45) is 0. The highest BCUT2D eigenvalue weighted by molar-refractivity contribution is 6.16. The summed E-state index contributed by atoms with van der Waals surface area (Å²) in [5.41, 5.74) is 8.89. The highest BCUT2D eigenvalue weighted by Gasteiger charge is 2.18. The number of rotatable bonds is 3. The maximum Gasteiger partial charge on any atom is 0.146 e. The van der Waals surface area contributed by atoms with E-state index in [1.807, 2.05) is 0 Å². The fourth-order valence-corrected chi connectivity index (χ4v) is 5.92. The van der Waals surface area contributed by atoms with Crippen LogP contribution in [-0.2, 0) is 0 Å². The van der Waals surface area contributed by atoms with Gasteiger partial charge in [-0.15, -0.1) is 0 Å². The third-order valence-electron chi connectivity index (χ3n) is 7.52. The predicted molar refractivity (Wildman–Crippen MR) is 158 cm³/mol. The fraction of sp³-hybridized carbons (Fsp3) is 0. The number of pyridine rings is 1. The molecule has 0 saturated heterocycles. The van der Waals surface area contributed by atoms with Crippen LogP contribution in [0.3, 0.4) is 0 Å². The number of benzene rings is 5. The van der Waals surface area contributed by atoms with Crippen LogP contribution in [0, 0.1) is 0 Å². The first-order valence-electron chi connectivity index (χ1n) is 12.9. The summed E-state index contributed by atoms with van der Waals surface area (Å²) in [6.45, 7) is 0. The Morgan fingerprint density at radius 1 is 0.395 bits per heavy atom. The molecule has 0 radical (unpaired) electrons. The third-order valence-corrected chi connectivity index (χ3v) is 7.52. The second-order valence-electron chi connectivity index (χ2n) is 9.64. The summed E-state index contributed by atoms with van der Waals surface area (Å²) in [5, 5.41) is 4.82. The van der Waals surface area contributed by atoms with Crippen molar-refractivity contribution in [3.05, 3.63) is 140 Å². The lowest BCUT2D eigenvalue weighted by Gasteiger charge is -2.10. The number of fused-ring (bicyclic) bond motifs is 6. The first-order valence-corrected chi connectivity index (χ1v) is 12.9. The standard InChI is InChI=1S/C35H23N3/c1-3-12-24(13-4-1)37-32-20-10-8-17-29(32)34-28(18-11-21-33(34)37)30-23-22-27-26-16-7-9-19-31(26)38(35(27)36-30)25-14-5-2-6-15-25/h1-23H. The Morgan fingerprint density at radius 3 is 1.71 bits per heavy atom. The number of hydrogen-bond donors (Lipinski definition) is 0. The van der Waals surface area contributed by atoms with Gasteiger partial charge in [0.15, 0.2) is 0 Å². The van der Waals surface area contributed by atoms with E-state index in [1.165, 1.54) is 27.2 Å². The van der Waals surface area contributed by atoms with E-state index in [-0.39, 0.29) is 0 Å². The van der Waals surface area contributed by atoms with Crippen LogP contribution >= 0.6 is 0 Å². The summed E-state index contributed by atoms with van der Waals surface area (Å²) in [5.74, 6) is 0. The van der Waals surface area contributed by atoms with Crippen LogP contribution in [0.15, 0.2) is 140 Å². The van der Waals surface area contributed by atoms with Crippen LogP contribution in [0.5, 0.6) is 0 Å². The summed E-state index contributed by atoms with van der Waals surface area (Å²) in [4.78, 5) is 5.35. The molecular formula is C35H23N3. The zero-order valence-electron chi connectivity index (χ0n) is 20.6. The van der Waals surface area contributed by atoms with Gasteiger partial charge in [0.1, 0.15) is 5.65 Å². The average molecular weight is 486 g/mol. The molecule has 0 fully saturated rings. The lowest BCUT2D eigenvalue weighted by molar-refractivity contribution is 1.14. The van der Waals surface area contributed by atoms with Crippen LogP contribution < -0.4 is 0 Å². The van der Waals surface area contributed by atoms with Crippen molar-refractivity contribution in [2.24, 2.45) is 0 Å². The first-order chi connectivity index (χ1) is 18.9. The highest BCUT2D eigenvalue weighted by atomic mass is 15.0. The summed E-state index contributed by atoms with van der Waals surface area (Å²) < 4.78 is 4.63. The van der Waals surface area contributed by atoms with E-state index < -0.39 is 0 Å². The quantitative estimate of drug-likeness (QED) is 0.245. The summed E-state index contributed by atoms with van der Waals surface area (Å²) in [7, 11) is 0. The van der Waals surface area contributed by atoms with Crippen LogP contribution in [0.1, 0.15) is 0 Å². The summed E-state index contributed by atoms with van der Waals surface area (Å²) >= 11 is 0. The Morgan fingerprint density at radius 2 is 0.974 bits per heavy atom. The Hall–Kier alpha value is -5.15. The van der Waals surface area contributed by atoms with Gasteiger partial charge in [-0.25, -0.2) is 4.98 Å². The van der Waals surface area contributed by atoms with Gasteiger partial charge in [0.25, 0.3) is 0 Å². The lowest BCUT2D eigenvalue weighted by Crippen LogP contribution is -1.96. The first kappa shape index (κ1) is 21.0. The average Bonchev–Trinajstić information content (AvgIpc) is 3.51. The van der Waals surface area contributed by atoms with Gasteiger partial charge in [-0.05, 0) is 54.6 Å². The van der Waals surface area contributed by atoms with Crippen LogP contribution in [0.25, 0.3) is 66.4 Å². The van der Waals surface area contributed by atoms with E-state index in [0.29, 0.717) is 0 Å². The van der Waals surface area contributed by atoms with Gasteiger partial charge in [0.2, 0.25) is 0 Å². The third kappa shape index (κ3) is 2.99. The minimum atomic E-state index is 0.971. The zero-order valence-corrected chi connectivity index (χ0v) is 20.6. The number of nitrogens with zero attached hydrogens (tertiary/aromatic N) is 3. The predicted octanol–water partition coefficient (Wildman–Crippen LogP) is 8.94. The molecule has 0 bridgehead atoms. The van der Waals surface area contributed by atoms with Crippen molar-refractivity contribution in [3.8, 4) is 22.6 Å². The Balaban J connectivity index is 1.46. The molecule has 0 atom stereocenters. The van der Waals surface area contributed by atoms with Gasteiger partial charge in [-0.1, -0.05) is 84.9 Å². The Labute approximate surface area is 219 Å². The molecule has 0 spiro atoms. The molecule has 8 rings (SSSR count). The zero-order chi connectivity index (χ0) is 25.1. The molecule has 3 heterocycles. The van der Waals surface area contributed by atoms with Gasteiger partial charge in [0.05, 0.1) is 22.2 Å². The Bertz CT molecular complexity index is 2120. The van der Waals surface area contributed by atoms with E-state index in [0.717, 1.165) is 39.2 Å². The smallest absolute Gasteiger partial charge is 0.146 e. The molecule has 5 aromatic carbocycles. The van der Waals surface area contributed by atoms with Gasteiger partial charge >= 0.3 is 0 Å². The summed E-state index contributed by atoms with van der Waals surface area (Å²) in [6, 6.07) is 49.3. The highest BCUT2D eigenvalue weighted by Crippen LogP contribution is 2.39. The molecule has 0 N–H and O–H groups in total. The van der Waals surface area contributed by atoms with Crippen molar-refractivity contribution < 1.29 is 0 Å². The topological polar surface area (TPSA) is 22.8 Å². The van der Waals surface area contributed by atoms with Crippen molar-refractivity contribution in [1.82, 2.24) is 14.1 Å². The number of aromatic nitrogens is 3. The van der Waals surface area contributed by atoms with Crippen molar-refractivity contribution in [2.45, 2.75) is 0 Å². The second-order valence-corrected chi connectivity index (χ2v) is 9.64. The fourth-order valence-electron chi connectivity index (χ4n) is 5.92. The van der Waals surface area contributed by atoms with Crippen molar-refractivity contribution in [3.63, 3.8) is 0 Å². The molecule has 8 aromatic rings. The van der Waals surface area contributed by atoms with Gasteiger partial charge < -0.3 is 4.57 Å². The van der Waals surface area contributed by atoms with E-state index >= 15 is 0 Å². The minimum absolute atomic E-state index is 0.971. The Kier molecular flexibility index (Phi) is 4.52. The SMILES string of the molecule is c1ccc(-n2c3ccccc3c3c(-c4ccc5c6ccccc6n(-c6ccccc6)c5n4)cccc32)cc1. The maximum absolute atomic E-state index is 5.35. The molecule has 0 aliphatic carbocycles. The van der Waals surface area contributed by atoms with Gasteiger partial charge in [-0.2, -0.15) is 0 Å². The van der Waals surface area contributed by atoms with Crippen LogP contribution in [-0.4, -0.2) is 14.1 Å². The molecule has 3 nitrogen and oxygen atoms in total. The van der Waals surface area contributed by atoms with Crippen molar-refractivity contribution in [2.75, 3.05) is 0 Å². The molecule has 0 amide bonds. The lowest BCUT2D eigenvalue weighted by atomic mass is 10.0. The molecule has 0 aliphatic heterocycles. The molecule has 38 heavy (non-hydrogen) atoms. The number of para-hydroxylation sites is 4. The molecular weight excluding hydrogens is 462 g/mol. The molecule has 0 unspecified atom stereocenters. The van der Waals surface area contributed by atoms with Gasteiger partial charge in [-0.3, -0.25) is 4.57 Å². The van der Waals surface area contributed by atoms with Crippen LogP contribution in [0.2, 0.25) is 0 Å². The molecule has 0 saturated carbocycles. The van der Waals surface area contributed by atoms with Crippen molar-refractivity contribution >= 4 is 43.7 Å². The van der Waals surface area contributed by atoms with E-state index in [1.54, 1.807) is 0 Å². The monoisotopic (exact) mass is 485 g/mol. The van der Waals surface area contributed by atoms with Gasteiger partial charge in [0, 0.05) is 38.5 Å². The molecule has 3 aromatic heterocycles. The van der Waals surface area contributed by atoms with E-state index in [2.05, 4.69) is 149 Å². The van der Waals surface area contributed by atoms with Crippen LogP contribution in [0.4, 0.5) is 0 Å². The molecule has 3 heteroatoms. The molecule has 178 valence electrons. The van der Waals surface area contributed by atoms with E-state index in [9.17, 15) is 0 Å². The van der Waals surface area contributed by atoms with Crippen molar-refractivity contribution in [1.29, 1.82) is 0 Å². The second kappa shape index (κ2) is 8.19. The normalized spacial score (nSPS) is 11.7. The number of hydrogen-bond acceptors (Lipinski definition) is 1. The maximum atomic E-state index is 5.35. The van der Waals surface area contributed by atoms with E-state index in [4.69, 9.17) is 4.98 Å². The largest absolute Gasteiger partial charge is 0.309 e. The minimum Gasteiger partial charge on any atom is -0.309 e. The molecule has 0 aliphatic rings.